The third-order valence-corrected chi connectivity index (χ3v) is 6.27. The van der Waals surface area contributed by atoms with Crippen LogP contribution in [0.5, 0.6) is 0 Å². The second-order valence-corrected chi connectivity index (χ2v) is 8.42. The van der Waals surface area contributed by atoms with E-state index in [0.717, 1.165) is 16.8 Å². The maximum Gasteiger partial charge on any atom is 0.237 e. The van der Waals surface area contributed by atoms with Crippen LogP contribution >= 0.6 is 23.4 Å². The van der Waals surface area contributed by atoms with E-state index in [1.54, 1.807) is 24.5 Å². The summed E-state index contributed by atoms with van der Waals surface area (Å²) in [6.07, 6.45) is 3.42. The van der Waals surface area contributed by atoms with E-state index < -0.39 is 0 Å². The van der Waals surface area contributed by atoms with Crippen LogP contribution in [-0.4, -0.2) is 29.9 Å². The largest absolute Gasteiger partial charge is 0.338 e. The molecule has 164 valence electrons. The number of hydrogen-bond donors (Lipinski definition) is 0. The minimum atomic E-state index is -0.321. The summed E-state index contributed by atoms with van der Waals surface area (Å²) in [5.41, 5.74) is 3.33. The first-order chi connectivity index (χ1) is 16.1. The number of halogens is 2. The highest BCUT2D eigenvalue weighted by Crippen LogP contribution is 2.32. The number of benzene rings is 2. The number of rotatable bonds is 6. The van der Waals surface area contributed by atoms with Crippen molar-refractivity contribution >= 4 is 23.4 Å². The molecule has 3 aromatic heterocycles. The van der Waals surface area contributed by atoms with Crippen molar-refractivity contribution in [1.82, 2.24) is 29.9 Å². The standard InChI is InChI=1S/C23H16ClFN6OS/c1-14-18(24)3-2-4-19(14)31-22(16-9-11-26-12-10-16)28-29-23(31)33-13-20-27-21(30-32-20)15-5-7-17(25)8-6-15/h2-12H,13H2,1H3. The van der Waals surface area contributed by atoms with Gasteiger partial charge >= 0.3 is 0 Å². The van der Waals surface area contributed by atoms with Crippen molar-refractivity contribution in [2.45, 2.75) is 17.8 Å². The number of hydrogen-bond acceptors (Lipinski definition) is 7. The lowest BCUT2D eigenvalue weighted by atomic mass is 10.2. The highest BCUT2D eigenvalue weighted by atomic mass is 35.5. The Balaban J connectivity index is 1.47. The molecule has 0 amide bonds. The van der Waals surface area contributed by atoms with Gasteiger partial charge in [-0.2, -0.15) is 4.98 Å². The number of aromatic nitrogens is 6. The van der Waals surface area contributed by atoms with Crippen LogP contribution in [0.1, 0.15) is 11.5 Å². The molecule has 0 saturated heterocycles. The van der Waals surface area contributed by atoms with Gasteiger partial charge in [-0.3, -0.25) is 9.55 Å². The third kappa shape index (κ3) is 4.37. The molecule has 0 atom stereocenters. The van der Waals surface area contributed by atoms with Crippen molar-refractivity contribution in [3.8, 4) is 28.5 Å². The average molecular weight is 479 g/mol. The average Bonchev–Trinajstić information content (AvgIpc) is 3.48. The predicted octanol–water partition coefficient (Wildman–Crippen LogP) is 5.77. The fraction of sp³-hybridized carbons (Fsp3) is 0.0870. The molecule has 5 rings (SSSR count). The van der Waals surface area contributed by atoms with Gasteiger partial charge < -0.3 is 4.52 Å². The van der Waals surface area contributed by atoms with Gasteiger partial charge in [0.15, 0.2) is 11.0 Å². The summed E-state index contributed by atoms with van der Waals surface area (Å²) in [4.78, 5) is 8.50. The van der Waals surface area contributed by atoms with E-state index in [2.05, 4.69) is 25.3 Å². The second-order valence-electron chi connectivity index (χ2n) is 7.07. The summed E-state index contributed by atoms with van der Waals surface area (Å²) < 4.78 is 20.5. The van der Waals surface area contributed by atoms with Crippen molar-refractivity contribution in [2.75, 3.05) is 0 Å². The lowest BCUT2D eigenvalue weighted by molar-refractivity contribution is 0.391. The van der Waals surface area contributed by atoms with Crippen LogP contribution in [0.25, 0.3) is 28.5 Å². The monoisotopic (exact) mass is 478 g/mol. The zero-order valence-corrected chi connectivity index (χ0v) is 18.9. The first-order valence-electron chi connectivity index (χ1n) is 9.93. The van der Waals surface area contributed by atoms with Crippen molar-refractivity contribution in [1.29, 1.82) is 0 Å². The van der Waals surface area contributed by atoms with Crippen molar-refractivity contribution in [3.05, 3.63) is 89.3 Å². The molecule has 3 heterocycles. The molecule has 33 heavy (non-hydrogen) atoms. The summed E-state index contributed by atoms with van der Waals surface area (Å²) in [5.74, 6) is 1.54. The lowest BCUT2D eigenvalue weighted by Crippen LogP contribution is -2.02. The first-order valence-corrected chi connectivity index (χ1v) is 11.3. The van der Waals surface area contributed by atoms with Gasteiger partial charge in [0.25, 0.3) is 0 Å². The van der Waals surface area contributed by atoms with Crippen LogP contribution in [0, 0.1) is 12.7 Å². The Bertz CT molecular complexity index is 1400. The summed E-state index contributed by atoms with van der Waals surface area (Å²) in [6.45, 7) is 1.95. The Kier molecular flexibility index (Phi) is 5.89. The summed E-state index contributed by atoms with van der Waals surface area (Å²) >= 11 is 7.81. The van der Waals surface area contributed by atoms with Crippen molar-refractivity contribution in [2.24, 2.45) is 0 Å². The van der Waals surface area contributed by atoms with Crippen LogP contribution in [-0.2, 0) is 5.75 Å². The molecule has 0 aliphatic carbocycles. The third-order valence-electron chi connectivity index (χ3n) is 4.95. The second kappa shape index (κ2) is 9.13. The topological polar surface area (TPSA) is 82.5 Å². The molecule has 0 radical (unpaired) electrons. The highest BCUT2D eigenvalue weighted by molar-refractivity contribution is 7.98. The van der Waals surface area contributed by atoms with E-state index in [1.807, 2.05) is 41.8 Å². The van der Waals surface area contributed by atoms with E-state index in [9.17, 15) is 4.39 Å². The van der Waals surface area contributed by atoms with E-state index in [0.29, 0.717) is 39.0 Å². The Morgan fingerprint density at radius 3 is 2.58 bits per heavy atom. The summed E-state index contributed by atoms with van der Waals surface area (Å²) in [5, 5.41) is 14.1. The van der Waals surface area contributed by atoms with Gasteiger partial charge in [0, 0.05) is 28.5 Å². The van der Waals surface area contributed by atoms with Crippen LogP contribution in [0.4, 0.5) is 4.39 Å². The minimum absolute atomic E-state index is 0.321. The molecule has 7 nitrogen and oxygen atoms in total. The molecule has 0 aliphatic rings. The lowest BCUT2D eigenvalue weighted by Gasteiger charge is -2.13. The van der Waals surface area contributed by atoms with E-state index in [-0.39, 0.29) is 5.82 Å². The molecule has 0 saturated carbocycles. The Labute approximate surface area is 197 Å². The minimum Gasteiger partial charge on any atom is -0.338 e. The zero-order chi connectivity index (χ0) is 22.8. The molecular formula is C23H16ClFN6OS. The van der Waals surface area contributed by atoms with Crippen LogP contribution in [0.15, 0.2) is 76.7 Å². The van der Waals surface area contributed by atoms with Gasteiger partial charge in [0.2, 0.25) is 11.7 Å². The molecule has 10 heteroatoms. The fourth-order valence-electron chi connectivity index (χ4n) is 3.26. The van der Waals surface area contributed by atoms with Gasteiger partial charge in [-0.1, -0.05) is 34.6 Å². The molecule has 0 unspecified atom stereocenters. The van der Waals surface area contributed by atoms with E-state index >= 15 is 0 Å². The van der Waals surface area contributed by atoms with Gasteiger partial charge in [0.1, 0.15) is 5.82 Å². The van der Waals surface area contributed by atoms with Crippen LogP contribution in [0.2, 0.25) is 5.02 Å². The smallest absolute Gasteiger partial charge is 0.237 e. The molecule has 0 bridgehead atoms. The molecule has 0 aliphatic heterocycles. The molecule has 2 aromatic carbocycles. The quantitative estimate of drug-likeness (QED) is 0.286. The maximum atomic E-state index is 13.2. The zero-order valence-electron chi connectivity index (χ0n) is 17.3. The van der Waals surface area contributed by atoms with Gasteiger partial charge in [-0.15, -0.1) is 10.2 Å². The SMILES string of the molecule is Cc1c(Cl)cccc1-n1c(SCc2nc(-c3ccc(F)cc3)no2)nnc1-c1ccncc1. The van der Waals surface area contributed by atoms with Gasteiger partial charge in [-0.25, -0.2) is 4.39 Å². The van der Waals surface area contributed by atoms with Crippen LogP contribution < -0.4 is 0 Å². The highest BCUT2D eigenvalue weighted by Gasteiger charge is 2.19. The van der Waals surface area contributed by atoms with E-state index in [4.69, 9.17) is 16.1 Å². The molecule has 0 N–H and O–H groups in total. The summed E-state index contributed by atoms with van der Waals surface area (Å²) in [6, 6.07) is 15.4. The molecule has 0 spiro atoms. The van der Waals surface area contributed by atoms with Gasteiger partial charge in [0.05, 0.1) is 11.4 Å². The predicted molar refractivity (Wildman–Crippen MR) is 124 cm³/mol. The number of nitrogens with zero attached hydrogens (tertiary/aromatic N) is 6. The molecule has 0 fully saturated rings. The molecular weight excluding hydrogens is 463 g/mol. The maximum absolute atomic E-state index is 13.2. The Morgan fingerprint density at radius 2 is 1.79 bits per heavy atom. The Hall–Kier alpha value is -3.56. The van der Waals surface area contributed by atoms with Gasteiger partial charge in [-0.05, 0) is 61.0 Å². The normalized spacial score (nSPS) is 11.1. The molecule has 5 aromatic rings. The number of thioether (sulfide) groups is 1. The number of pyridine rings is 1. The van der Waals surface area contributed by atoms with E-state index in [1.165, 1.54) is 23.9 Å². The fourth-order valence-corrected chi connectivity index (χ4v) is 4.21. The van der Waals surface area contributed by atoms with Crippen LogP contribution in [0.3, 0.4) is 0 Å². The Morgan fingerprint density at radius 1 is 1.00 bits per heavy atom. The first kappa shape index (κ1) is 21.3. The van der Waals surface area contributed by atoms with Crippen molar-refractivity contribution < 1.29 is 8.91 Å². The summed E-state index contributed by atoms with van der Waals surface area (Å²) in [7, 11) is 0. The van der Waals surface area contributed by atoms with Crippen molar-refractivity contribution in [3.63, 3.8) is 0 Å².